The Morgan fingerprint density at radius 3 is 2.68 bits per heavy atom. The molecular weight excluding hydrogens is 399 g/mol. The lowest BCUT2D eigenvalue weighted by molar-refractivity contribution is -0.160. The highest BCUT2D eigenvalue weighted by molar-refractivity contribution is 6.30. The maximum absolute atomic E-state index is 13.4. The molecule has 0 bridgehead atoms. The van der Waals surface area contributed by atoms with Gasteiger partial charge in [0.05, 0.1) is 12.6 Å². The highest BCUT2D eigenvalue weighted by Gasteiger charge is 2.25. The van der Waals surface area contributed by atoms with Crippen LogP contribution in [0.2, 0.25) is 0 Å². The Morgan fingerprint density at radius 1 is 1.10 bits per heavy atom. The van der Waals surface area contributed by atoms with Crippen molar-refractivity contribution in [3.8, 4) is 5.75 Å². The molecule has 158 valence electrons. The molecule has 0 radical (unpaired) electrons. The van der Waals surface area contributed by atoms with E-state index in [1.807, 2.05) is 32.0 Å². The number of fused-ring (bicyclic) bond motifs is 2. The molecule has 0 saturated heterocycles. The van der Waals surface area contributed by atoms with E-state index < -0.39 is 11.9 Å². The Bertz CT molecular complexity index is 1250. The van der Waals surface area contributed by atoms with E-state index in [1.54, 1.807) is 12.1 Å². The van der Waals surface area contributed by atoms with Gasteiger partial charge in [0.25, 0.3) is 0 Å². The van der Waals surface area contributed by atoms with E-state index in [0.717, 1.165) is 51.7 Å². The molecule has 4 rings (SSSR count). The van der Waals surface area contributed by atoms with E-state index in [-0.39, 0.29) is 5.82 Å². The van der Waals surface area contributed by atoms with E-state index in [2.05, 4.69) is 15.0 Å². The number of pyridine rings is 1. The number of nitrogens with zero attached hydrogens (tertiary/aromatic N) is 1. The number of nitrogens with one attached hydrogen (secondary N) is 1. The second-order valence-electron chi connectivity index (χ2n) is 7.47. The molecule has 3 aromatic rings. The molecule has 0 amide bonds. The summed E-state index contributed by atoms with van der Waals surface area (Å²) in [6.07, 6.45) is 0.573. The fourth-order valence-electron chi connectivity index (χ4n) is 3.75. The first kappa shape index (κ1) is 20.5. The molecule has 1 aromatic heterocycles. The lowest BCUT2D eigenvalue weighted by atomic mass is 9.91. The number of aromatic nitrogens is 1. The van der Waals surface area contributed by atoms with Crippen molar-refractivity contribution in [2.45, 2.75) is 20.3 Å². The zero-order valence-electron chi connectivity index (χ0n) is 17.4. The maximum Gasteiger partial charge on any atom is 0.422 e. The Hall–Kier alpha value is -3.74. The molecule has 0 saturated carbocycles. The molecule has 7 heteroatoms. The predicted octanol–water partition coefficient (Wildman–Crippen LogP) is 4.20. The molecule has 0 unspecified atom stereocenters. The first-order chi connectivity index (χ1) is 14.9. The van der Waals surface area contributed by atoms with Gasteiger partial charge in [0.1, 0.15) is 11.6 Å². The first-order valence-corrected chi connectivity index (χ1v) is 9.78. The van der Waals surface area contributed by atoms with Gasteiger partial charge < -0.3 is 14.8 Å². The lowest BCUT2D eigenvalue weighted by Crippen LogP contribution is -2.23. The average molecular weight is 420 g/mol. The smallest absolute Gasteiger partial charge is 0.422 e. The second kappa shape index (κ2) is 8.18. The minimum Gasteiger partial charge on any atom is -0.461 e. The molecule has 0 atom stereocenters. The minimum absolute atomic E-state index is 0.294. The summed E-state index contributed by atoms with van der Waals surface area (Å²) >= 11 is 0. The summed E-state index contributed by atoms with van der Waals surface area (Å²) in [5, 5.41) is 4.11. The lowest BCUT2D eigenvalue weighted by Gasteiger charge is -2.25. The number of allylic oxidation sites excluding steroid dienone is 1. The third-order valence-corrected chi connectivity index (χ3v) is 5.30. The van der Waals surface area contributed by atoms with Crippen LogP contribution in [-0.4, -0.2) is 30.6 Å². The van der Waals surface area contributed by atoms with E-state index in [9.17, 15) is 14.0 Å². The number of rotatable bonds is 3. The molecule has 1 aliphatic heterocycles. The highest BCUT2D eigenvalue weighted by Crippen LogP contribution is 2.39. The van der Waals surface area contributed by atoms with Gasteiger partial charge >= 0.3 is 11.9 Å². The van der Waals surface area contributed by atoms with Crippen LogP contribution in [0.4, 0.5) is 10.1 Å². The Kier molecular flexibility index (Phi) is 5.42. The van der Waals surface area contributed by atoms with Crippen LogP contribution in [-0.2, 0) is 20.7 Å². The summed E-state index contributed by atoms with van der Waals surface area (Å²) in [6, 6.07) is 11.9. The fraction of sp³-hybridized carbons (Fsp3) is 0.208. The van der Waals surface area contributed by atoms with Crippen LogP contribution in [0.5, 0.6) is 5.75 Å². The van der Waals surface area contributed by atoms with E-state index in [0.29, 0.717) is 18.7 Å². The monoisotopic (exact) mass is 420 g/mol. The van der Waals surface area contributed by atoms with Crippen LogP contribution in [0.15, 0.2) is 48.0 Å². The first-order valence-electron chi connectivity index (χ1n) is 9.78. The van der Waals surface area contributed by atoms with E-state index in [4.69, 9.17) is 4.74 Å². The van der Waals surface area contributed by atoms with E-state index in [1.165, 1.54) is 12.1 Å². The number of carbonyl (C=O) groups excluding carboxylic acids is 2. The largest absolute Gasteiger partial charge is 0.461 e. The van der Waals surface area contributed by atoms with Gasteiger partial charge in [0.2, 0.25) is 0 Å². The Labute approximate surface area is 178 Å². The van der Waals surface area contributed by atoms with Crippen LogP contribution in [0, 0.1) is 12.7 Å². The van der Waals surface area contributed by atoms with Crippen LogP contribution in [0.3, 0.4) is 0 Å². The van der Waals surface area contributed by atoms with Gasteiger partial charge in [-0.25, -0.2) is 14.0 Å². The van der Waals surface area contributed by atoms with Crippen molar-refractivity contribution >= 4 is 34.1 Å². The number of hydrogen-bond acceptors (Lipinski definition) is 6. The topological polar surface area (TPSA) is 77.5 Å². The van der Waals surface area contributed by atoms with Crippen molar-refractivity contribution in [3.63, 3.8) is 0 Å². The van der Waals surface area contributed by atoms with Crippen molar-refractivity contribution < 1.29 is 23.5 Å². The van der Waals surface area contributed by atoms with Gasteiger partial charge in [-0.3, -0.25) is 4.98 Å². The third-order valence-electron chi connectivity index (χ3n) is 5.30. The molecule has 1 aliphatic rings. The Morgan fingerprint density at radius 2 is 1.90 bits per heavy atom. The van der Waals surface area contributed by atoms with Crippen LogP contribution in [0.1, 0.15) is 23.7 Å². The minimum atomic E-state index is -1.07. The summed E-state index contributed by atoms with van der Waals surface area (Å²) in [5.74, 6) is -2.12. The molecular formula is C24H21FN2O4. The maximum atomic E-state index is 13.4. The summed E-state index contributed by atoms with van der Waals surface area (Å²) in [6.45, 7) is 4.44. The van der Waals surface area contributed by atoms with Gasteiger partial charge in [-0.05, 0) is 67.0 Å². The summed E-state index contributed by atoms with van der Waals surface area (Å²) in [4.78, 5) is 28.2. The second-order valence-corrected chi connectivity index (χ2v) is 7.47. The molecule has 1 N–H and O–H groups in total. The average Bonchev–Trinajstić information content (AvgIpc) is 2.74. The molecule has 2 aromatic carbocycles. The number of methoxy groups -OCH3 is 1. The van der Waals surface area contributed by atoms with Crippen LogP contribution < -0.4 is 10.1 Å². The zero-order chi connectivity index (χ0) is 22.1. The van der Waals surface area contributed by atoms with E-state index >= 15 is 0 Å². The molecule has 31 heavy (non-hydrogen) atoms. The molecule has 0 spiro atoms. The quantitative estimate of drug-likeness (QED) is 0.389. The van der Waals surface area contributed by atoms with Gasteiger partial charge in [-0.2, -0.15) is 0 Å². The van der Waals surface area contributed by atoms with Gasteiger partial charge in [0, 0.05) is 35.3 Å². The molecule has 0 aliphatic carbocycles. The van der Waals surface area contributed by atoms with Crippen LogP contribution >= 0.6 is 0 Å². The standard InChI is InChI=1S/C24H21FN2O4/c1-13-8-20-22(21(9-13)31-24(29)23(28)30-3)14(2)16(12-26-20)11-18-6-4-15-10-17(25)5-7-19(15)27-18/h4-10,26H,11-12H2,1-3H3. The molecule has 2 heterocycles. The number of benzene rings is 2. The number of carbonyl (C=O) groups is 2. The van der Waals surface area contributed by atoms with Gasteiger partial charge in [0.15, 0.2) is 0 Å². The van der Waals surface area contributed by atoms with Gasteiger partial charge in [-0.15, -0.1) is 0 Å². The summed E-state index contributed by atoms with van der Waals surface area (Å²) in [5.41, 5.74) is 6.04. The number of aryl methyl sites for hydroxylation is 1. The number of anilines is 1. The summed E-state index contributed by atoms with van der Waals surface area (Å²) < 4.78 is 23.2. The Balaban J connectivity index is 1.70. The van der Waals surface area contributed by atoms with Crippen molar-refractivity contribution in [2.24, 2.45) is 0 Å². The van der Waals surface area contributed by atoms with Crippen molar-refractivity contribution in [3.05, 3.63) is 70.7 Å². The van der Waals surface area contributed by atoms with Crippen molar-refractivity contribution in [1.29, 1.82) is 0 Å². The van der Waals surface area contributed by atoms with Crippen molar-refractivity contribution in [1.82, 2.24) is 4.98 Å². The fourth-order valence-corrected chi connectivity index (χ4v) is 3.75. The zero-order valence-corrected chi connectivity index (χ0v) is 17.4. The highest BCUT2D eigenvalue weighted by atomic mass is 19.1. The molecule has 0 fully saturated rings. The number of esters is 2. The van der Waals surface area contributed by atoms with Crippen LogP contribution in [0.25, 0.3) is 16.5 Å². The van der Waals surface area contributed by atoms with Gasteiger partial charge in [-0.1, -0.05) is 6.07 Å². The normalized spacial score (nSPS) is 12.9. The SMILES string of the molecule is COC(=O)C(=O)Oc1cc(C)cc2c1C(C)=C(Cc1ccc3cc(F)ccc3n1)CN2. The third kappa shape index (κ3) is 4.12. The predicted molar refractivity (Wildman–Crippen MR) is 115 cm³/mol. The number of hydrogen-bond donors (Lipinski definition) is 1. The molecule has 6 nitrogen and oxygen atoms in total. The number of ether oxygens (including phenoxy) is 2. The number of halogens is 1. The summed E-state index contributed by atoms with van der Waals surface area (Å²) in [7, 11) is 1.13. The van der Waals surface area contributed by atoms with Crippen molar-refractivity contribution in [2.75, 3.05) is 19.0 Å².